The summed E-state index contributed by atoms with van der Waals surface area (Å²) in [5, 5.41) is 2.59. The van der Waals surface area contributed by atoms with E-state index in [1.807, 2.05) is 20.9 Å². The molecule has 1 nitrogen and oxygen atoms in total. The first-order chi connectivity index (χ1) is 7.40. The van der Waals surface area contributed by atoms with Gasteiger partial charge in [0.1, 0.15) is 0 Å². The summed E-state index contributed by atoms with van der Waals surface area (Å²) in [6.45, 7) is 4.00. The van der Waals surface area contributed by atoms with Crippen LogP contribution in [-0.2, 0) is 0 Å². The summed E-state index contributed by atoms with van der Waals surface area (Å²) >= 11 is 1.64. The molecule has 0 atom stereocenters. The summed E-state index contributed by atoms with van der Waals surface area (Å²) in [7, 11) is 1.93. The molecular weight excluding hydrogens is 202 g/mol. The average Bonchev–Trinajstić information content (AvgIpc) is 2.32. The minimum atomic E-state index is 1.25. The molecule has 0 aliphatic carbocycles. The van der Waals surface area contributed by atoms with Crippen LogP contribution in [0.3, 0.4) is 0 Å². The van der Waals surface area contributed by atoms with Gasteiger partial charge in [-0.1, -0.05) is 44.2 Å². The zero-order valence-corrected chi connectivity index (χ0v) is 10.3. The molecule has 15 heavy (non-hydrogen) atoms. The zero-order chi connectivity index (χ0) is 11.1. The van der Waals surface area contributed by atoms with Crippen LogP contribution in [0, 0.1) is 0 Å². The van der Waals surface area contributed by atoms with Crippen molar-refractivity contribution in [3.05, 3.63) is 42.5 Å². The summed E-state index contributed by atoms with van der Waals surface area (Å²) in [5.74, 6) is 0. The van der Waals surface area contributed by atoms with Gasteiger partial charge in [-0.15, -0.1) is 0 Å². The van der Waals surface area contributed by atoms with Gasteiger partial charge in [0.2, 0.25) is 0 Å². The normalized spacial score (nSPS) is 9.53. The first-order valence-electron chi connectivity index (χ1n) is 5.22. The molecule has 0 saturated heterocycles. The molecule has 1 N–H and O–H groups in total. The van der Waals surface area contributed by atoms with Gasteiger partial charge in [0.05, 0.1) is 0 Å². The van der Waals surface area contributed by atoms with Crippen LogP contribution in [0.4, 0.5) is 0 Å². The molecule has 0 aliphatic rings. The molecule has 2 aromatic rings. The van der Waals surface area contributed by atoms with Crippen molar-refractivity contribution in [3.63, 3.8) is 0 Å². The summed E-state index contributed by atoms with van der Waals surface area (Å²) < 4.78 is 3.07. The van der Waals surface area contributed by atoms with Gasteiger partial charge in [0, 0.05) is 4.90 Å². The lowest BCUT2D eigenvalue weighted by molar-refractivity contribution is 1.28. The summed E-state index contributed by atoms with van der Waals surface area (Å²) in [5.41, 5.74) is 0. The molecule has 2 aromatic carbocycles. The van der Waals surface area contributed by atoms with Crippen LogP contribution >= 0.6 is 11.9 Å². The third kappa shape index (κ3) is 3.26. The molecule has 0 unspecified atom stereocenters. The van der Waals surface area contributed by atoms with Crippen molar-refractivity contribution in [1.29, 1.82) is 0 Å². The van der Waals surface area contributed by atoms with Gasteiger partial charge in [-0.3, -0.25) is 4.72 Å². The Bertz CT molecular complexity index is 412. The third-order valence-electron chi connectivity index (χ3n) is 1.94. The smallest absolute Gasteiger partial charge is 0.0234 e. The minimum Gasteiger partial charge on any atom is -0.263 e. The third-order valence-corrected chi connectivity index (χ3v) is 2.63. The molecule has 0 aromatic heterocycles. The van der Waals surface area contributed by atoms with Crippen molar-refractivity contribution in [2.75, 3.05) is 7.05 Å². The fraction of sp³-hybridized carbons (Fsp3) is 0.231. The topological polar surface area (TPSA) is 12.0 Å². The number of nitrogens with one attached hydrogen (secondary N) is 1. The summed E-state index contributed by atoms with van der Waals surface area (Å²) in [4.78, 5) is 1.25. The molecule has 0 saturated carbocycles. The van der Waals surface area contributed by atoms with Gasteiger partial charge in [0.15, 0.2) is 0 Å². The van der Waals surface area contributed by atoms with E-state index in [9.17, 15) is 0 Å². The molecule has 0 aliphatic heterocycles. The maximum Gasteiger partial charge on any atom is 0.0234 e. The highest BCUT2D eigenvalue weighted by atomic mass is 32.2. The Hall–Kier alpha value is -0.990. The number of benzene rings is 2. The van der Waals surface area contributed by atoms with Crippen LogP contribution in [0.2, 0.25) is 0 Å². The average molecular weight is 219 g/mol. The maximum atomic E-state index is 3.07. The lowest BCUT2D eigenvalue weighted by Gasteiger charge is -2.01. The van der Waals surface area contributed by atoms with Gasteiger partial charge in [0.25, 0.3) is 0 Å². The monoisotopic (exact) mass is 219 g/mol. The molecule has 0 radical (unpaired) electrons. The Labute approximate surface area is 96.0 Å². The first-order valence-corrected chi connectivity index (χ1v) is 6.04. The largest absolute Gasteiger partial charge is 0.263 e. The van der Waals surface area contributed by atoms with E-state index in [1.165, 1.54) is 15.7 Å². The quantitative estimate of drug-likeness (QED) is 0.763. The van der Waals surface area contributed by atoms with Gasteiger partial charge < -0.3 is 0 Å². The van der Waals surface area contributed by atoms with Crippen molar-refractivity contribution in [1.82, 2.24) is 4.72 Å². The van der Waals surface area contributed by atoms with Gasteiger partial charge in [-0.25, -0.2) is 0 Å². The molecule has 0 amide bonds. The van der Waals surface area contributed by atoms with E-state index in [0.29, 0.717) is 0 Å². The van der Waals surface area contributed by atoms with Gasteiger partial charge in [-0.05, 0) is 41.9 Å². The highest BCUT2D eigenvalue weighted by molar-refractivity contribution is 7.97. The predicted molar refractivity (Wildman–Crippen MR) is 70.2 cm³/mol. The standard InChI is InChI=1S/C11H11NS.C2H6/c1-12-13-11-7-6-9-4-2-3-5-10(9)8-11;1-2/h2-8,12H,1H3;1-2H3. The van der Waals surface area contributed by atoms with E-state index in [4.69, 9.17) is 0 Å². The van der Waals surface area contributed by atoms with E-state index in [2.05, 4.69) is 47.2 Å². The van der Waals surface area contributed by atoms with E-state index in [1.54, 1.807) is 11.9 Å². The molecule has 2 rings (SSSR count). The lowest BCUT2D eigenvalue weighted by Crippen LogP contribution is -1.89. The Kier molecular flexibility index (Phi) is 5.22. The highest BCUT2D eigenvalue weighted by Crippen LogP contribution is 2.20. The molecule has 0 heterocycles. The number of rotatable bonds is 2. The van der Waals surface area contributed by atoms with E-state index >= 15 is 0 Å². The second-order valence-corrected chi connectivity index (χ2v) is 3.90. The zero-order valence-electron chi connectivity index (χ0n) is 9.45. The van der Waals surface area contributed by atoms with Crippen molar-refractivity contribution in [2.24, 2.45) is 0 Å². The number of fused-ring (bicyclic) bond motifs is 1. The van der Waals surface area contributed by atoms with E-state index < -0.39 is 0 Å². The van der Waals surface area contributed by atoms with E-state index in [-0.39, 0.29) is 0 Å². The van der Waals surface area contributed by atoms with Gasteiger partial charge in [-0.2, -0.15) is 0 Å². The van der Waals surface area contributed by atoms with Crippen LogP contribution in [-0.4, -0.2) is 7.05 Å². The summed E-state index contributed by atoms with van der Waals surface area (Å²) in [6.07, 6.45) is 0. The van der Waals surface area contributed by atoms with Gasteiger partial charge >= 0.3 is 0 Å². The molecule has 80 valence electrons. The number of hydrogen-bond donors (Lipinski definition) is 1. The second kappa shape index (κ2) is 6.49. The predicted octanol–water partition coefficient (Wildman–Crippen LogP) is 4.09. The Morgan fingerprint density at radius 3 is 2.27 bits per heavy atom. The van der Waals surface area contributed by atoms with Crippen molar-refractivity contribution < 1.29 is 0 Å². The molecule has 2 heteroatoms. The van der Waals surface area contributed by atoms with Crippen molar-refractivity contribution >= 4 is 22.7 Å². The Morgan fingerprint density at radius 2 is 1.60 bits per heavy atom. The highest BCUT2D eigenvalue weighted by Gasteiger charge is 1.94. The van der Waals surface area contributed by atoms with Crippen LogP contribution in [0.25, 0.3) is 10.8 Å². The van der Waals surface area contributed by atoms with E-state index in [0.717, 1.165) is 0 Å². The van der Waals surface area contributed by atoms with Crippen LogP contribution < -0.4 is 4.72 Å². The SMILES string of the molecule is CC.CNSc1ccc2ccccc2c1. The van der Waals surface area contributed by atoms with Crippen LogP contribution in [0.5, 0.6) is 0 Å². The molecule has 0 fully saturated rings. The maximum absolute atomic E-state index is 3.07. The Morgan fingerprint density at radius 1 is 0.933 bits per heavy atom. The first kappa shape index (κ1) is 12.1. The fourth-order valence-electron chi connectivity index (χ4n) is 1.35. The van der Waals surface area contributed by atoms with Crippen molar-refractivity contribution in [2.45, 2.75) is 18.7 Å². The summed E-state index contributed by atoms with van der Waals surface area (Å²) in [6, 6.07) is 14.9. The fourth-order valence-corrected chi connectivity index (χ4v) is 1.91. The molecule has 0 spiro atoms. The molecule has 0 bridgehead atoms. The Balaban J connectivity index is 0.000000531. The van der Waals surface area contributed by atoms with Crippen LogP contribution in [0.15, 0.2) is 47.4 Å². The minimum absolute atomic E-state index is 1.25. The second-order valence-electron chi connectivity index (χ2n) is 2.82. The number of hydrogen-bond acceptors (Lipinski definition) is 2. The van der Waals surface area contributed by atoms with Crippen LogP contribution in [0.1, 0.15) is 13.8 Å². The lowest BCUT2D eigenvalue weighted by atomic mass is 10.1. The molecular formula is C13H17NS. The van der Waals surface area contributed by atoms with Crippen molar-refractivity contribution in [3.8, 4) is 0 Å².